The van der Waals surface area contributed by atoms with E-state index in [2.05, 4.69) is 16.0 Å². The Balaban J connectivity index is 1.85. The second-order valence-corrected chi connectivity index (χ2v) is 19.4. The molecule has 0 unspecified atom stereocenters. The Morgan fingerprint density at radius 2 is 1.65 bits per heavy atom. The summed E-state index contributed by atoms with van der Waals surface area (Å²) in [4.78, 5) is 79.4. The first-order valence-corrected chi connectivity index (χ1v) is 21.5. The fraction of sp³-hybridized carbons (Fsp3) is 0.565. The van der Waals surface area contributed by atoms with Gasteiger partial charge in [-0.15, -0.1) is 11.6 Å². The Morgan fingerprint density at radius 3 is 2.24 bits per heavy atom. The number of esters is 3. The first kappa shape index (κ1) is 51.7. The predicted octanol–water partition coefficient (Wildman–Crippen LogP) is 7.08. The minimum absolute atomic E-state index is 0.0433. The van der Waals surface area contributed by atoms with Crippen LogP contribution in [-0.4, -0.2) is 84.0 Å². The molecule has 0 aromatic heterocycles. The number of cyclic esters (lactones) is 2. The molecule has 14 nitrogen and oxygen atoms in total. The zero-order chi connectivity index (χ0) is 46.7. The number of rotatable bonds is 12. The second-order valence-electron chi connectivity index (χ2n) is 18.5. The number of aryl methyl sites for hydroxylation is 1. The number of alkyl halides is 1. The summed E-state index contributed by atoms with van der Waals surface area (Å²) in [7, 11) is 0. The highest BCUT2D eigenvalue weighted by atomic mass is 35.5. The number of halogens is 2. The summed E-state index contributed by atoms with van der Waals surface area (Å²) in [6.45, 7) is 18.5. The number of aliphatic hydroxyl groups excluding tert-OH is 1. The van der Waals surface area contributed by atoms with Gasteiger partial charge in [0.05, 0.1) is 22.3 Å². The first-order chi connectivity index (χ1) is 28.7. The van der Waals surface area contributed by atoms with Crippen molar-refractivity contribution in [2.24, 2.45) is 22.7 Å². The molecule has 0 fully saturated rings. The van der Waals surface area contributed by atoms with Crippen LogP contribution < -0.4 is 20.7 Å². The zero-order valence-electron chi connectivity index (χ0n) is 37.6. The van der Waals surface area contributed by atoms with E-state index < -0.39 is 87.9 Å². The SMILES string of the molecule is Cc1ccc(C[C@H]2NC(=O)/C=C/C[C@@H]([C@H](C)[C@@H](O)[C@@H](Cl)c3ccc(OC(=O)C(C)(C)CNC(=O)OC(C)(C)C)cc3)OC(=O)[C@H](CC(C)C)OC(=O)C(C)(C)CNC2=O)cc1Cl. The molecule has 0 spiro atoms. The van der Waals surface area contributed by atoms with Gasteiger partial charge < -0.3 is 40.0 Å². The molecule has 6 atom stereocenters. The highest BCUT2D eigenvalue weighted by Gasteiger charge is 2.39. The van der Waals surface area contributed by atoms with Crippen molar-refractivity contribution in [1.82, 2.24) is 16.0 Å². The second kappa shape index (κ2) is 22.1. The van der Waals surface area contributed by atoms with E-state index in [0.29, 0.717) is 16.1 Å². The van der Waals surface area contributed by atoms with Gasteiger partial charge in [0.15, 0.2) is 6.10 Å². The summed E-state index contributed by atoms with van der Waals surface area (Å²) < 4.78 is 22.6. The summed E-state index contributed by atoms with van der Waals surface area (Å²) in [6, 6.07) is 10.5. The third-order valence-electron chi connectivity index (χ3n) is 10.1. The fourth-order valence-corrected chi connectivity index (χ4v) is 6.65. The third kappa shape index (κ3) is 15.9. The van der Waals surface area contributed by atoms with Gasteiger partial charge in [0.25, 0.3) is 0 Å². The van der Waals surface area contributed by atoms with Crippen LogP contribution in [0.15, 0.2) is 54.6 Å². The number of aliphatic hydroxyl groups is 1. The van der Waals surface area contributed by atoms with Gasteiger partial charge in [0.2, 0.25) is 11.8 Å². The van der Waals surface area contributed by atoms with E-state index in [4.69, 9.17) is 42.1 Å². The molecule has 342 valence electrons. The molecular formula is C46H63Cl2N3O11. The third-order valence-corrected chi connectivity index (χ3v) is 11.0. The molecule has 4 N–H and O–H groups in total. The lowest BCUT2D eigenvalue weighted by Crippen LogP contribution is -2.51. The van der Waals surface area contributed by atoms with Crippen molar-refractivity contribution in [2.45, 2.75) is 131 Å². The zero-order valence-corrected chi connectivity index (χ0v) is 39.1. The van der Waals surface area contributed by atoms with Gasteiger partial charge in [-0.1, -0.05) is 62.7 Å². The van der Waals surface area contributed by atoms with Crippen LogP contribution in [-0.2, 0) is 44.6 Å². The van der Waals surface area contributed by atoms with Crippen molar-refractivity contribution in [3.63, 3.8) is 0 Å². The number of nitrogens with one attached hydrogen (secondary N) is 3. The maximum atomic E-state index is 13.8. The highest BCUT2D eigenvalue weighted by Crippen LogP contribution is 2.34. The van der Waals surface area contributed by atoms with Crippen molar-refractivity contribution >= 4 is 59.0 Å². The summed E-state index contributed by atoms with van der Waals surface area (Å²) in [5, 5.41) is 19.2. The van der Waals surface area contributed by atoms with Crippen molar-refractivity contribution in [3.8, 4) is 5.75 Å². The van der Waals surface area contributed by atoms with Gasteiger partial charge in [-0.3, -0.25) is 19.2 Å². The molecule has 2 aromatic carbocycles. The Labute approximate surface area is 375 Å². The monoisotopic (exact) mass is 903 g/mol. The Kier molecular flexibility index (Phi) is 18.4. The summed E-state index contributed by atoms with van der Waals surface area (Å²) in [5.74, 6) is -4.10. The number of carbonyl (C=O) groups is 6. The van der Waals surface area contributed by atoms with Crippen LogP contribution in [0.1, 0.15) is 104 Å². The molecule has 0 radical (unpaired) electrons. The van der Waals surface area contributed by atoms with Crippen molar-refractivity contribution in [2.75, 3.05) is 13.1 Å². The van der Waals surface area contributed by atoms with Crippen LogP contribution in [0.3, 0.4) is 0 Å². The van der Waals surface area contributed by atoms with Gasteiger partial charge in [-0.05, 0) is 109 Å². The molecule has 3 rings (SSSR count). The van der Waals surface area contributed by atoms with E-state index in [0.717, 1.165) is 5.56 Å². The van der Waals surface area contributed by atoms with E-state index >= 15 is 0 Å². The minimum atomic E-state index is -1.33. The first-order valence-electron chi connectivity index (χ1n) is 20.7. The molecule has 2 aromatic rings. The predicted molar refractivity (Wildman–Crippen MR) is 235 cm³/mol. The molecule has 0 aliphatic carbocycles. The summed E-state index contributed by atoms with van der Waals surface area (Å²) >= 11 is 13.2. The molecule has 0 saturated carbocycles. The lowest BCUT2D eigenvalue weighted by molar-refractivity contribution is -0.180. The van der Waals surface area contributed by atoms with E-state index in [-0.39, 0.29) is 44.0 Å². The van der Waals surface area contributed by atoms with Gasteiger partial charge in [0.1, 0.15) is 23.5 Å². The number of hydrogen-bond donors (Lipinski definition) is 4. The van der Waals surface area contributed by atoms with Crippen molar-refractivity contribution in [3.05, 3.63) is 76.3 Å². The maximum Gasteiger partial charge on any atom is 0.407 e. The molecule has 1 heterocycles. The molecule has 3 amide bonds. The summed E-state index contributed by atoms with van der Waals surface area (Å²) in [5.41, 5.74) is -1.10. The maximum absolute atomic E-state index is 13.8. The van der Waals surface area contributed by atoms with Gasteiger partial charge in [0, 0.05) is 36.9 Å². The standard InChI is InChI=1S/C46H63Cl2N3O11/c1-26(2)21-35-40(55)60-34(13-12-14-36(52)51-33(23-29-16-15-27(3)32(47)22-29)39(54)49-24-45(8,9)42(57)61-35)28(4)38(53)37(48)30-17-19-31(20-18-30)59-41(56)46(10,11)25-50-43(58)62-44(5,6)7/h12,14-20,22,26,28,33-35,37-38,53H,13,21,23-25H2,1-11H3,(H,49,54)(H,50,58)(H,51,52)/b14-12+/t28-,33+,34-,35-,37-,38+/m0/s1. The van der Waals surface area contributed by atoms with Gasteiger partial charge in [-0.2, -0.15) is 0 Å². The van der Waals surface area contributed by atoms with Gasteiger partial charge >= 0.3 is 24.0 Å². The number of benzene rings is 2. The number of carbonyl (C=O) groups excluding carboxylic acids is 6. The van der Waals surface area contributed by atoms with E-state index in [1.165, 1.54) is 24.3 Å². The average molecular weight is 905 g/mol. The molecule has 0 bridgehead atoms. The van der Waals surface area contributed by atoms with Crippen LogP contribution in [0, 0.1) is 29.6 Å². The number of hydrogen-bond acceptors (Lipinski definition) is 11. The lowest BCUT2D eigenvalue weighted by Gasteiger charge is -2.32. The molecular weight excluding hydrogens is 841 g/mol. The van der Waals surface area contributed by atoms with E-state index in [9.17, 15) is 33.9 Å². The van der Waals surface area contributed by atoms with Crippen molar-refractivity contribution in [1.29, 1.82) is 0 Å². The fourth-order valence-electron chi connectivity index (χ4n) is 6.07. The van der Waals surface area contributed by atoms with Crippen LogP contribution in [0.25, 0.3) is 0 Å². The van der Waals surface area contributed by atoms with Crippen LogP contribution in [0.2, 0.25) is 5.02 Å². The van der Waals surface area contributed by atoms with E-state index in [1.807, 2.05) is 32.9 Å². The van der Waals surface area contributed by atoms with Crippen molar-refractivity contribution < 1.29 is 52.8 Å². The molecule has 62 heavy (non-hydrogen) atoms. The number of alkyl carbamates (subject to hydrolysis) is 1. The van der Waals surface area contributed by atoms with Gasteiger partial charge in [-0.25, -0.2) is 9.59 Å². The topological polar surface area (TPSA) is 196 Å². The Bertz CT molecular complexity index is 1940. The molecule has 0 saturated heterocycles. The van der Waals surface area contributed by atoms with Crippen LogP contribution in [0.5, 0.6) is 5.75 Å². The quantitative estimate of drug-likeness (QED) is 0.0736. The average Bonchev–Trinajstić information content (AvgIpc) is 3.17. The van der Waals surface area contributed by atoms with Crippen LogP contribution >= 0.6 is 23.2 Å². The highest BCUT2D eigenvalue weighted by molar-refractivity contribution is 6.31. The Hall–Kier alpha value is -4.66. The summed E-state index contributed by atoms with van der Waals surface area (Å²) in [6.07, 6.45) is -1.53. The number of ether oxygens (including phenoxy) is 4. The number of amides is 3. The Morgan fingerprint density at radius 1 is 1.00 bits per heavy atom. The largest absolute Gasteiger partial charge is 0.459 e. The normalized spacial score (nSPS) is 21.3. The molecule has 1 aliphatic heterocycles. The smallest absolute Gasteiger partial charge is 0.407 e. The van der Waals surface area contributed by atoms with Crippen LogP contribution in [0.4, 0.5) is 4.79 Å². The lowest BCUT2D eigenvalue weighted by atomic mass is 9.90. The molecule has 1 aliphatic rings. The molecule has 16 heteroatoms. The van der Waals surface area contributed by atoms with E-state index in [1.54, 1.807) is 73.6 Å². The minimum Gasteiger partial charge on any atom is -0.459 e.